The van der Waals surface area contributed by atoms with Gasteiger partial charge in [-0.25, -0.2) is 0 Å². The number of carbonyl (C=O) groups is 1. The van der Waals surface area contributed by atoms with Crippen LogP contribution in [0.3, 0.4) is 0 Å². The molecule has 0 unspecified atom stereocenters. The third kappa shape index (κ3) is 6.54. The van der Waals surface area contributed by atoms with Gasteiger partial charge in [0.15, 0.2) is 0 Å². The summed E-state index contributed by atoms with van der Waals surface area (Å²) in [5, 5.41) is 18.3. The normalized spacial score (nSPS) is 21.7. The molecule has 0 aromatic carbocycles. The summed E-state index contributed by atoms with van der Waals surface area (Å²) in [6, 6.07) is 0. The van der Waals surface area contributed by atoms with Crippen LogP contribution >= 0.6 is 0 Å². The van der Waals surface area contributed by atoms with Gasteiger partial charge in [-0.2, -0.15) is 0 Å². The van der Waals surface area contributed by atoms with Crippen LogP contribution < -0.4 is 0 Å². The van der Waals surface area contributed by atoms with Crippen molar-refractivity contribution >= 4 is 5.97 Å². The smallest absolute Gasteiger partial charge is 0.303 e. The molecule has 2 atom stereocenters. The van der Waals surface area contributed by atoms with Crippen molar-refractivity contribution in [2.75, 3.05) is 19.8 Å². The summed E-state index contributed by atoms with van der Waals surface area (Å²) in [5.74, 6) is -0.451. The highest BCUT2D eigenvalue weighted by atomic mass is 16.6. The molecule has 0 aromatic rings. The Morgan fingerprint density at radius 1 is 1.39 bits per heavy atom. The predicted molar refractivity (Wildman–Crippen MR) is 68.0 cm³/mol. The van der Waals surface area contributed by atoms with Gasteiger partial charge in [-0.05, 0) is 25.5 Å². The first-order valence-electron chi connectivity index (χ1n) is 5.97. The van der Waals surface area contributed by atoms with E-state index in [4.69, 9.17) is 14.6 Å². The molecule has 0 saturated heterocycles. The van der Waals surface area contributed by atoms with Crippen molar-refractivity contribution < 1.29 is 24.5 Å². The van der Waals surface area contributed by atoms with Crippen molar-refractivity contribution in [1.82, 2.24) is 0 Å². The number of ether oxygens (including phenoxy) is 2. The number of esters is 1. The van der Waals surface area contributed by atoms with E-state index in [2.05, 4.69) is 0 Å². The van der Waals surface area contributed by atoms with Crippen LogP contribution in [0.2, 0.25) is 0 Å². The molecule has 5 heteroatoms. The second-order valence-corrected chi connectivity index (χ2v) is 3.58. The highest BCUT2D eigenvalue weighted by Crippen LogP contribution is 2.15. The van der Waals surface area contributed by atoms with Gasteiger partial charge in [0, 0.05) is 20.1 Å². The van der Waals surface area contributed by atoms with E-state index in [1.807, 2.05) is 13.8 Å². The summed E-state index contributed by atoms with van der Waals surface area (Å²) >= 11 is 0. The lowest BCUT2D eigenvalue weighted by Crippen LogP contribution is -2.33. The minimum atomic E-state index is -0.932. The van der Waals surface area contributed by atoms with Gasteiger partial charge in [0.2, 0.25) is 0 Å². The molecule has 18 heavy (non-hydrogen) atoms. The van der Waals surface area contributed by atoms with Gasteiger partial charge in [-0.3, -0.25) is 4.79 Å². The van der Waals surface area contributed by atoms with Crippen LogP contribution in [0.4, 0.5) is 0 Å². The SMILES string of the molecule is CC(=O)O[C@H]1C=CC=C(CO)[C@H]1O.CCOCC. The summed E-state index contributed by atoms with van der Waals surface area (Å²) < 4.78 is 9.64. The molecule has 104 valence electrons. The third-order valence-electron chi connectivity index (χ3n) is 2.20. The number of hydrogen-bond donors (Lipinski definition) is 2. The van der Waals surface area contributed by atoms with Gasteiger partial charge in [-0.1, -0.05) is 12.2 Å². The fourth-order valence-electron chi connectivity index (χ4n) is 1.35. The topological polar surface area (TPSA) is 76.0 Å². The van der Waals surface area contributed by atoms with Crippen LogP contribution in [0.15, 0.2) is 23.8 Å². The molecular weight excluding hydrogens is 236 g/mol. The Hall–Kier alpha value is -1.17. The highest BCUT2D eigenvalue weighted by molar-refractivity contribution is 5.66. The van der Waals surface area contributed by atoms with Gasteiger partial charge in [0.25, 0.3) is 0 Å². The summed E-state index contributed by atoms with van der Waals surface area (Å²) in [6.07, 6.45) is 3.21. The van der Waals surface area contributed by atoms with Gasteiger partial charge < -0.3 is 19.7 Å². The quantitative estimate of drug-likeness (QED) is 0.730. The maximum atomic E-state index is 10.6. The minimum absolute atomic E-state index is 0.233. The second-order valence-electron chi connectivity index (χ2n) is 3.58. The standard InChI is InChI=1S/C9H12O4.C4H10O/c1-6(11)13-8-4-2-3-7(5-10)9(8)12;1-3-5-4-2/h2-4,8-10,12H,5H2,1H3;3-4H2,1-2H3/t8-,9+;/m0./s1. The largest absolute Gasteiger partial charge is 0.455 e. The maximum absolute atomic E-state index is 10.6. The van der Waals surface area contributed by atoms with Crippen molar-refractivity contribution in [2.24, 2.45) is 0 Å². The summed E-state index contributed by atoms with van der Waals surface area (Å²) in [7, 11) is 0. The fraction of sp³-hybridized carbons (Fsp3) is 0.615. The van der Waals surface area contributed by atoms with Crippen molar-refractivity contribution in [2.45, 2.75) is 33.0 Å². The molecule has 0 bridgehead atoms. The van der Waals surface area contributed by atoms with Gasteiger partial charge in [-0.15, -0.1) is 0 Å². The molecule has 0 aliphatic heterocycles. The van der Waals surface area contributed by atoms with Crippen LogP contribution in [0.5, 0.6) is 0 Å². The Morgan fingerprint density at radius 3 is 2.39 bits per heavy atom. The minimum Gasteiger partial charge on any atom is -0.455 e. The van der Waals surface area contributed by atoms with E-state index in [0.29, 0.717) is 5.57 Å². The lowest BCUT2D eigenvalue weighted by atomic mass is 10.00. The van der Waals surface area contributed by atoms with Gasteiger partial charge in [0.1, 0.15) is 12.2 Å². The maximum Gasteiger partial charge on any atom is 0.303 e. The Bertz CT molecular complexity index is 294. The highest BCUT2D eigenvalue weighted by Gasteiger charge is 2.24. The van der Waals surface area contributed by atoms with Crippen LogP contribution in [0.1, 0.15) is 20.8 Å². The molecule has 0 aromatic heterocycles. The Kier molecular flexibility index (Phi) is 9.18. The summed E-state index contributed by atoms with van der Waals surface area (Å²) in [5.41, 5.74) is 0.453. The third-order valence-corrected chi connectivity index (χ3v) is 2.20. The predicted octanol–water partition coefficient (Wildman–Crippen LogP) is 0.810. The van der Waals surface area contributed by atoms with Crippen molar-refractivity contribution in [3.8, 4) is 0 Å². The molecular formula is C13H22O5. The summed E-state index contributed by atoms with van der Waals surface area (Å²) in [6.45, 7) is 6.71. The number of rotatable bonds is 4. The number of aliphatic hydroxyl groups excluding tert-OH is 2. The van der Waals surface area contributed by atoms with E-state index < -0.39 is 18.2 Å². The van der Waals surface area contributed by atoms with E-state index in [1.165, 1.54) is 6.92 Å². The lowest BCUT2D eigenvalue weighted by Gasteiger charge is -2.23. The van der Waals surface area contributed by atoms with E-state index in [0.717, 1.165) is 13.2 Å². The van der Waals surface area contributed by atoms with E-state index in [1.54, 1.807) is 18.2 Å². The number of aliphatic hydroxyl groups is 2. The molecule has 1 rings (SSSR count). The second kappa shape index (κ2) is 9.82. The molecule has 1 aliphatic carbocycles. The van der Waals surface area contributed by atoms with Crippen molar-refractivity contribution in [1.29, 1.82) is 0 Å². The monoisotopic (exact) mass is 258 g/mol. The zero-order chi connectivity index (χ0) is 14.0. The average molecular weight is 258 g/mol. The van der Waals surface area contributed by atoms with Crippen LogP contribution in [-0.4, -0.2) is 48.2 Å². The molecule has 0 fully saturated rings. The van der Waals surface area contributed by atoms with Crippen LogP contribution in [0.25, 0.3) is 0 Å². The van der Waals surface area contributed by atoms with Crippen LogP contribution in [0, 0.1) is 0 Å². The Labute approximate surface area is 108 Å². The van der Waals surface area contributed by atoms with Crippen molar-refractivity contribution in [3.63, 3.8) is 0 Å². The Morgan fingerprint density at radius 2 is 2.00 bits per heavy atom. The molecule has 0 spiro atoms. The molecule has 0 heterocycles. The first-order chi connectivity index (χ1) is 8.56. The zero-order valence-corrected chi connectivity index (χ0v) is 11.1. The lowest BCUT2D eigenvalue weighted by molar-refractivity contribution is -0.148. The fourth-order valence-corrected chi connectivity index (χ4v) is 1.35. The van der Waals surface area contributed by atoms with Gasteiger partial charge >= 0.3 is 5.97 Å². The average Bonchev–Trinajstić information content (AvgIpc) is 2.33. The zero-order valence-electron chi connectivity index (χ0n) is 11.1. The number of allylic oxidation sites excluding steroid dienone is 2. The molecule has 5 nitrogen and oxygen atoms in total. The van der Waals surface area contributed by atoms with Crippen LogP contribution in [-0.2, 0) is 14.3 Å². The van der Waals surface area contributed by atoms with E-state index in [9.17, 15) is 9.90 Å². The molecule has 0 amide bonds. The molecule has 0 saturated carbocycles. The first-order valence-corrected chi connectivity index (χ1v) is 5.97. The molecule has 2 N–H and O–H groups in total. The summed E-state index contributed by atoms with van der Waals surface area (Å²) in [4.78, 5) is 10.6. The van der Waals surface area contributed by atoms with E-state index in [-0.39, 0.29) is 6.61 Å². The number of hydrogen-bond acceptors (Lipinski definition) is 5. The first kappa shape index (κ1) is 16.8. The molecule has 1 aliphatic rings. The van der Waals surface area contributed by atoms with E-state index >= 15 is 0 Å². The molecule has 0 radical (unpaired) electrons. The number of carbonyl (C=O) groups excluding carboxylic acids is 1. The Balaban J connectivity index is 0.000000494. The van der Waals surface area contributed by atoms with Gasteiger partial charge in [0.05, 0.1) is 6.61 Å². The van der Waals surface area contributed by atoms with Crippen molar-refractivity contribution in [3.05, 3.63) is 23.8 Å².